The van der Waals surface area contributed by atoms with Gasteiger partial charge in [-0.05, 0) is 32.9 Å². The van der Waals surface area contributed by atoms with Gasteiger partial charge in [0.2, 0.25) is 0 Å². The molecule has 1 saturated carbocycles. The van der Waals surface area contributed by atoms with Gasteiger partial charge in [-0.15, -0.1) is 0 Å². The van der Waals surface area contributed by atoms with Crippen LogP contribution in [0.2, 0.25) is 0 Å². The zero-order chi connectivity index (χ0) is 9.97. The van der Waals surface area contributed by atoms with Gasteiger partial charge in [0.05, 0.1) is 12.7 Å². The third kappa shape index (κ3) is 2.10. The molecule has 0 aromatic rings. The number of hydrogen-bond acceptors (Lipinski definition) is 3. The molecule has 0 aromatic heterocycles. The topological polar surface area (TPSA) is 24.5 Å². The first kappa shape index (κ1) is 10.4. The van der Waals surface area contributed by atoms with Gasteiger partial charge in [0.15, 0.2) is 0 Å². The van der Waals surface area contributed by atoms with Crippen molar-refractivity contribution in [2.24, 2.45) is 5.92 Å². The maximum absolute atomic E-state index is 5.85. The van der Waals surface area contributed by atoms with E-state index >= 15 is 0 Å². The molecule has 2 rings (SSSR count). The molecule has 2 atom stereocenters. The summed E-state index contributed by atoms with van der Waals surface area (Å²) in [7, 11) is 4.25. The second-order valence-electron chi connectivity index (χ2n) is 4.68. The number of hydrogen-bond donors (Lipinski definition) is 1. The van der Waals surface area contributed by atoms with E-state index in [1.807, 2.05) is 0 Å². The van der Waals surface area contributed by atoms with Crippen LogP contribution < -0.4 is 5.32 Å². The molecule has 1 N–H and O–H groups in total. The van der Waals surface area contributed by atoms with Crippen molar-refractivity contribution < 1.29 is 4.74 Å². The third-order valence-electron chi connectivity index (χ3n) is 3.69. The fraction of sp³-hybridized carbons (Fsp3) is 1.00. The van der Waals surface area contributed by atoms with Gasteiger partial charge in [0.1, 0.15) is 0 Å². The summed E-state index contributed by atoms with van der Waals surface area (Å²) in [5.41, 5.74) is 0. The summed E-state index contributed by atoms with van der Waals surface area (Å²) in [6.45, 7) is 3.06. The van der Waals surface area contributed by atoms with E-state index in [9.17, 15) is 0 Å². The van der Waals surface area contributed by atoms with Crippen molar-refractivity contribution in [2.45, 2.75) is 31.4 Å². The minimum atomic E-state index is 0.407. The highest BCUT2D eigenvalue weighted by Crippen LogP contribution is 2.32. The first-order valence-electron chi connectivity index (χ1n) is 5.78. The first-order chi connectivity index (χ1) is 6.81. The van der Waals surface area contributed by atoms with Crippen LogP contribution in [0.25, 0.3) is 0 Å². The highest BCUT2D eigenvalue weighted by atomic mass is 16.5. The van der Waals surface area contributed by atoms with E-state index in [2.05, 4.69) is 24.3 Å². The van der Waals surface area contributed by atoms with Gasteiger partial charge >= 0.3 is 0 Å². The molecule has 1 aliphatic carbocycles. The maximum Gasteiger partial charge on any atom is 0.0857 e. The summed E-state index contributed by atoms with van der Waals surface area (Å²) in [4.78, 5) is 2.37. The molecule has 3 heteroatoms. The third-order valence-corrected chi connectivity index (χ3v) is 3.69. The molecule has 2 fully saturated rings. The lowest BCUT2D eigenvalue weighted by atomic mass is 9.77. The lowest BCUT2D eigenvalue weighted by Crippen LogP contribution is -2.54. The van der Waals surface area contributed by atoms with Gasteiger partial charge in [-0.2, -0.15) is 0 Å². The molecule has 2 aliphatic rings. The fourth-order valence-corrected chi connectivity index (χ4v) is 2.55. The lowest BCUT2D eigenvalue weighted by molar-refractivity contribution is -0.0551. The van der Waals surface area contributed by atoms with Gasteiger partial charge in [-0.1, -0.05) is 6.42 Å². The molecule has 82 valence electrons. The zero-order valence-corrected chi connectivity index (χ0v) is 9.33. The number of nitrogens with one attached hydrogen (secondary N) is 1. The Balaban J connectivity index is 1.89. The molecule has 3 nitrogen and oxygen atoms in total. The van der Waals surface area contributed by atoms with Crippen molar-refractivity contribution in [3.8, 4) is 0 Å². The van der Waals surface area contributed by atoms with E-state index < -0.39 is 0 Å². The van der Waals surface area contributed by atoms with Crippen molar-refractivity contribution in [3.63, 3.8) is 0 Å². The number of likely N-dealkylation sites (N-methyl/N-ethyl adjacent to an activating group) is 2. The monoisotopic (exact) mass is 198 g/mol. The number of rotatable bonds is 3. The maximum atomic E-state index is 5.85. The Hall–Kier alpha value is -0.120. The van der Waals surface area contributed by atoms with E-state index in [-0.39, 0.29) is 0 Å². The summed E-state index contributed by atoms with van der Waals surface area (Å²) in [6.07, 6.45) is 4.58. The van der Waals surface area contributed by atoms with E-state index in [1.165, 1.54) is 19.3 Å². The Labute approximate surface area is 86.8 Å². The summed E-state index contributed by atoms with van der Waals surface area (Å²) >= 11 is 0. The number of morpholine rings is 1. The smallest absolute Gasteiger partial charge is 0.0857 e. The standard InChI is InChI=1S/C11H22N2O/c1-12-11(9-4-3-5-9)10-8-13(2)6-7-14-10/h9-12H,3-8H2,1-2H3. The molecule has 2 unspecified atom stereocenters. The SMILES string of the molecule is CNC(C1CCC1)C1CN(C)CCO1. The van der Waals surface area contributed by atoms with Crippen LogP contribution in [0.4, 0.5) is 0 Å². The molecular weight excluding hydrogens is 176 g/mol. The highest BCUT2D eigenvalue weighted by molar-refractivity contribution is 4.90. The van der Waals surface area contributed by atoms with Crippen LogP contribution in [-0.4, -0.2) is 50.8 Å². The largest absolute Gasteiger partial charge is 0.374 e. The van der Waals surface area contributed by atoms with Crippen LogP contribution in [0, 0.1) is 5.92 Å². The summed E-state index contributed by atoms with van der Waals surface area (Å²) in [6, 6.07) is 0.575. The molecule has 0 radical (unpaired) electrons. The molecule has 14 heavy (non-hydrogen) atoms. The average Bonchev–Trinajstić information content (AvgIpc) is 2.10. The molecule has 1 heterocycles. The second-order valence-corrected chi connectivity index (χ2v) is 4.68. The van der Waals surface area contributed by atoms with E-state index in [0.29, 0.717) is 12.1 Å². The van der Waals surface area contributed by atoms with Crippen molar-refractivity contribution in [2.75, 3.05) is 33.8 Å². The fourth-order valence-electron chi connectivity index (χ4n) is 2.55. The van der Waals surface area contributed by atoms with Gasteiger partial charge in [0.25, 0.3) is 0 Å². The Morgan fingerprint density at radius 1 is 1.43 bits per heavy atom. The van der Waals surface area contributed by atoms with Crippen molar-refractivity contribution in [3.05, 3.63) is 0 Å². The number of ether oxygens (including phenoxy) is 1. The van der Waals surface area contributed by atoms with Crippen LogP contribution in [-0.2, 0) is 4.74 Å². The summed E-state index contributed by atoms with van der Waals surface area (Å²) < 4.78 is 5.85. The Morgan fingerprint density at radius 3 is 2.71 bits per heavy atom. The van der Waals surface area contributed by atoms with E-state index in [1.54, 1.807) is 0 Å². The van der Waals surface area contributed by atoms with Crippen LogP contribution in [0.5, 0.6) is 0 Å². The lowest BCUT2D eigenvalue weighted by Gasteiger charge is -2.41. The van der Waals surface area contributed by atoms with E-state index in [0.717, 1.165) is 25.6 Å². The van der Waals surface area contributed by atoms with Gasteiger partial charge in [-0.25, -0.2) is 0 Å². The second kappa shape index (κ2) is 4.60. The predicted molar refractivity (Wildman–Crippen MR) is 57.4 cm³/mol. The molecule has 0 aromatic carbocycles. The highest BCUT2D eigenvalue weighted by Gasteiger charge is 2.34. The van der Waals surface area contributed by atoms with Gasteiger partial charge < -0.3 is 15.0 Å². The first-order valence-corrected chi connectivity index (χ1v) is 5.78. The molecule has 1 saturated heterocycles. The molecule has 0 bridgehead atoms. The van der Waals surface area contributed by atoms with Crippen LogP contribution >= 0.6 is 0 Å². The normalized spacial score (nSPS) is 32.6. The molecule has 1 aliphatic heterocycles. The molecular formula is C11H22N2O. The summed E-state index contributed by atoms with van der Waals surface area (Å²) in [5.74, 6) is 0.858. The minimum Gasteiger partial charge on any atom is -0.374 e. The Kier molecular flexibility index (Phi) is 3.42. The predicted octanol–water partition coefficient (Wildman–Crippen LogP) is 0.705. The number of nitrogens with zero attached hydrogens (tertiary/aromatic N) is 1. The quantitative estimate of drug-likeness (QED) is 0.722. The Morgan fingerprint density at radius 2 is 2.21 bits per heavy atom. The van der Waals surface area contributed by atoms with Crippen LogP contribution in [0.1, 0.15) is 19.3 Å². The van der Waals surface area contributed by atoms with Crippen molar-refractivity contribution in [1.29, 1.82) is 0 Å². The Bertz CT molecular complexity index is 182. The van der Waals surface area contributed by atoms with Gasteiger partial charge in [-0.3, -0.25) is 0 Å². The summed E-state index contributed by atoms with van der Waals surface area (Å²) in [5, 5.41) is 3.44. The average molecular weight is 198 g/mol. The van der Waals surface area contributed by atoms with Crippen LogP contribution in [0.15, 0.2) is 0 Å². The zero-order valence-electron chi connectivity index (χ0n) is 9.33. The molecule has 0 spiro atoms. The minimum absolute atomic E-state index is 0.407. The molecule has 0 amide bonds. The van der Waals surface area contributed by atoms with Crippen LogP contribution in [0.3, 0.4) is 0 Å². The van der Waals surface area contributed by atoms with Crippen molar-refractivity contribution >= 4 is 0 Å². The van der Waals surface area contributed by atoms with Crippen molar-refractivity contribution in [1.82, 2.24) is 10.2 Å². The van der Waals surface area contributed by atoms with E-state index in [4.69, 9.17) is 4.74 Å². The van der Waals surface area contributed by atoms with Gasteiger partial charge in [0, 0.05) is 19.1 Å².